The van der Waals surface area contributed by atoms with Gasteiger partial charge in [-0.15, -0.1) is 0 Å². The normalized spacial score (nSPS) is 16.7. The lowest BCUT2D eigenvalue weighted by molar-refractivity contribution is -0.197. The Bertz CT molecular complexity index is 52.4. The van der Waals surface area contributed by atoms with E-state index in [1.165, 1.54) is 0 Å². The zero-order valence-corrected chi connectivity index (χ0v) is 4.13. The van der Waals surface area contributed by atoms with E-state index in [-0.39, 0.29) is 0 Å². The predicted molar refractivity (Wildman–Crippen MR) is 24.2 cm³/mol. The minimum absolute atomic E-state index is 1.06. The van der Waals surface area contributed by atoms with Gasteiger partial charge in [-0.05, 0) is 13.8 Å². The van der Waals surface area contributed by atoms with Gasteiger partial charge in [-0.1, -0.05) is 0 Å². The molecule has 0 spiro atoms. The van der Waals surface area contributed by atoms with Crippen LogP contribution in [0.5, 0.6) is 0 Å². The van der Waals surface area contributed by atoms with Crippen molar-refractivity contribution in [2.24, 2.45) is 0 Å². The Morgan fingerprint density at radius 1 is 1.57 bits per heavy atom. The van der Waals surface area contributed by atoms with Gasteiger partial charge >= 0.3 is 0 Å². The van der Waals surface area contributed by atoms with Crippen LogP contribution in [0, 0.1) is 6.92 Å². The Morgan fingerprint density at radius 3 is 1.71 bits per heavy atom. The van der Waals surface area contributed by atoms with E-state index in [9.17, 15) is 0 Å². The molecule has 0 saturated carbocycles. The van der Waals surface area contributed by atoms with Gasteiger partial charge in [0.15, 0.2) is 5.79 Å². The topological polar surface area (TPSA) is 60.7 Å². The number of aliphatic hydroxyl groups excluding tert-OH is 1. The highest BCUT2D eigenvalue weighted by Crippen LogP contribution is 2.01. The van der Waals surface area contributed by atoms with Crippen molar-refractivity contribution in [3.63, 3.8) is 0 Å². The fourth-order valence-corrected chi connectivity index (χ4v) is 0. The molecule has 0 aromatic rings. The molecule has 43 valence electrons. The maximum Gasteiger partial charge on any atom is 0.186 e. The first kappa shape index (κ1) is 6.88. The van der Waals surface area contributed by atoms with Gasteiger partial charge in [0, 0.05) is 0 Å². The van der Waals surface area contributed by atoms with E-state index in [1.807, 2.05) is 0 Å². The average Bonchev–Trinajstić information content (AvgIpc) is 1.31. The first-order valence-corrected chi connectivity index (χ1v) is 1.90. The Labute approximate surface area is 42.2 Å². The zero-order chi connectivity index (χ0) is 6.08. The van der Waals surface area contributed by atoms with Gasteiger partial charge in [-0.3, -0.25) is 0 Å². The van der Waals surface area contributed by atoms with Crippen LogP contribution >= 0.6 is 0 Å². The van der Waals surface area contributed by atoms with Gasteiger partial charge in [0.25, 0.3) is 0 Å². The molecule has 3 N–H and O–H groups in total. The fraction of sp³-hybridized carbons (Fsp3) is 0.750. The first-order chi connectivity index (χ1) is 2.94. The number of hydrogen-bond donors (Lipinski definition) is 3. The molecule has 1 unspecified atom stereocenters. The molecule has 3 heteroatoms. The molecule has 0 aromatic carbocycles. The van der Waals surface area contributed by atoms with Crippen LogP contribution in [-0.4, -0.2) is 27.2 Å². The van der Waals surface area contributed by atoms with Crippen molar-refractivity contribution >= 4 is 0 Å². The van der Waals surface area contributed by atoms with E-state index in [2.05, 4.69) is 6.92 Å². The average molecular weight is 105 g/mol. The fourth-order valence-electron chi connectivity index (χ4n) is 0. The van der Waals surface area contributed by atoms with Crippen molar-refractivity contribution in [3.8, 4) is 0 Å². The number of aliphatic hydroxyl groups is 3. The van der Waals surface area contributed by atoms with E-state index < -0.39 is 11.9 Å². The predicted octanol–water partition coefficient (Wildman–Crippen LogP) is -1.12. The molecule has 0 fully saturated rings. The molecular formula is C4H9O3. The second-order valence-electron chi connectivity index (χ2n) is 1.61. The highest BCUT2D eigenvalue weighted by Gasteiger charge is 2.21. The molecular weight excluding hydrogens is 96.0 g/mol. The largest absolute Gasteiger partial charge is 0.388 e. The molecule has 0 aliphatic carbocycles. The summed E-state index contributed by atoms with van der Waals surface area (Å²) in [6.45, 7) is 4.03. The Hall–Kier alpha value is -0.120. The smallest absolute Gasteiger partial charge is 0.186 e. The van der Waals surface area contributed by atoms with E-state index in [0.29, 0.717) is 0 Å². The van der Waals surface area contributed by atoms with Crippen molar-refractivity contribution in [3.05, 3.63) is 6.92 Å². The summed E-state index contributed by atoms with van der Waals surface area (Å²) in [6.07, 6.45) is -1.34. The molecule has 0 rings (SSSR count). The van der Waals surface area contributed by atoms with Crippen LogP contribution in [0.1, 0.15) is 6.92 Å². The van der Waals surface area contributed by atoms with Gasteiger partial charge < -0.3 is 15.3 Å². The minimum Gasteiger partial charge on any atom is -0.388 e. The summed E-state index contributed by atoms with van der Waals surface area (Å²) in [5, 5.41) is 25.0. The van der Waals surface area contributed by atoms with E-state index in [0.717, 1.165) is 6.92 Å². The van der Waals surface area contributed by atoms with Gasteiger partial charge in [0.05, 0.1) is 0 Å². The highest BCUT2D eigenvalue weighted by molar-refractivity contribution is 4.69. The summed E-state index contributed by atoms with van der Waals surface area (Å²) < 4.78 is 0. The van der Waals surface area contributed by atoms with Crippen LogP contribution in [-0.2, 0) is 0 Å². The molecule has 0 heterocycles. The molecule has 3 nitrogen and oxygen atoms in total. The summed E-state index contributed by atoms with van der Waals surface area (Å²) in [5.41, 5.74) is 0. The maximum atomic E-state index is 8.34. The van der Waals surface area contributed by atoms with Crippen LogP contribution < -0.4 is 0 Å². The molecule has 1 atom stereocenters. The molecule has 1 radical (unpaired) electrons. The maximum absolute atomic E-state index is 8.34. The quantitative estimate of drug-likeness (QED) is 0.370. The van der Waals surface area contributed by atoms with E-state index >= 15 is 0 Å². The Kier molecular flexibility index (Phi) is 1.75. The summed E-state index contributed by atoms with van der Waals surface area (Å²) in [7, 11) is 0. The van der Waals surface area contributed by atoms with Gasteiger partial charge in [-0.25, -0.2) is 0 Å². The second kappa shape index (κ2) is 1.78. The van der Waals surface area contributed by atoms with Crippen molar-refractivity contribution < 1.29 is 15.3 Å². The lowest BCUT2D eigenvalue weighted by atomic mass is 10.2. The van der Waals surface area contributed by atoms with Crippen molar-refractivity contribution in [2.75, 3.05) is 0 Å². The van der Waals surface area contributed by atoms with Crippen LogP contribution in [0.3, 0.4) is 0 Å². The Balaban J connectivity index is 3.54. The van der Waals surface area contributed by atoms with Crippen LogP contribution in [0.25, 0.3) is 0 Å². The molecule has 0 bridgehead atoms. The SMILES string of the molecule is [CH2]C(O)C(C)(O)O. The second-order valence-corrected chi connectivity index (χ2v) is 1.61. The number of hydrogen-bond acceptors (Lipinski definition) is 3. The van der Waals surface area contributed by atoms with Crippen molar-refractivity contribution in [1.82, 2.24) is 0 Å². The van der Waals surface area contributed by atoms with Gasteiger partial charge in [-0.2, -0.15) is 0 Å². The Morgan fingerprint density at radius 2 is 1.71 bits per heavy atom. The standard InChI is InChI=1S/C4H9O3/c1-3(5)4(2,6)7/h3,5-7H,1H2,2H3. The molecule has 0 saturated heterocycles. The third kappa shape index (κ3) is 2.56. The van der Waals surface area contributed by atoms with Crippen LogP contribution in [0.4, 0.5) is 0 Å². The molecule has 0 aromatic heterocycles. The molecule has 0 amide bonds. The zero-order valence-electron chi connectivity index (χ0n) is 4.13. The van der Waals surface area contributed by atoms with Gasteiger partial charge in [0.1, 0.15) is 6.10 Å². The van der Waals surface area contributed by atoms with Gasteiger partial charge in [0.2, 0.25) is 0 Å². The molecule has 0 aliphatic rings. The van der Waals surface area contributed by atoms with Crippen molar-refractivity contribution in [2.45, 2.75) is 18.8 Å². The minimum atomic E-state index is -2.06. The number of rotatable bonds is 1. The summed E-state index contributed by atoms with van der Waals surface area (Å²) >= 11 is 0. The summed E-state index contributed by atoms with van der Waals surface area (Å²) in [4.78, 5) is 0. The molecule has 0 aliphatic heterocycles. The highest BCUT2D eigenvalue weighted by atomic mass is 16.5. The third-order valence-corrected chi connectivity index (χ3v) is 0.631. The third-order valence-electron chi connectivity index (χ3n) is 0.631. The lowest BCUT2D eigenvalue weighted by Crippen LogP contribution is -2.36. The summed E-state index contributed by atoms with van der Waals surface area (Å²) in [6, 6.07) is 0. The van der Waals surface area contributed by atoms with Crippen LogP contribution in [0.2, 0.25) is 0 Å². The van der Waals surface area contributed by atoms with E-state index in [1.54, 1.807) is 0 Å². The lowest BCUT2D eigenvalue weighted by Gasteiger charge is -2.17. The van der Waals surface area contributed by atoms with Crippen molar-refractivity contribution in [1.29, 1.82) is 0 Å². The first-order valence-electron chi connectivity index (χ1n) is 1.90. The monoisotopic (exact) mass is 105 g/mol. The van der Waals surface area contributed by atoms with Crippen LogP contribution in [0.15, 0.2) is 0 Å². The summed E-state index contributed by atoms with van der Waals surface area (Å²) in [5.74, 6) is -2.06. The van der Waals surface area contributed by atoms with E-state index in [4.69, 9.17) is 15.3 Å². The molecule has 7 heavy (non-hydrogen) atoms.